The summed E-state index contributed by atoms with van der Waals surface area (Å²) in [5.41, 5.74) is 5.43. The van der Waals surface area contributed by atoms with Crippen LogP contribution in [0.4, 0.5) is 0 Å². The average Bonchev–Trinajstić information content (AvgIpc) is 2.45. The van der Waals surface area contributed by atoms with Crippen molar-refractivity contribution in [3.8, 4) is 0 Å². The van der Waals surface area contributed by atoms with Crippen LogP contribution < -0.4 is 11.1 Å². The van der Waals surface area contributed by atoms with Gasteiger partial charge < -0.3 is 20.5 Å². The van der Waals surface area contributed by atoms with Crippen molar-refractivity contribution in [1.82, 2.24) is 5.32 Å². The summed E-state index contributed by atoms with van der Waals surface area (Å²) in [5.74, 6) is 0.985. The SMILES string of the molecule is CC.CC(C)COCC(C)(C)CC(=O)NCC(C)(N)COCC(C)C. The Bertz CT molecular complexity index is 340. The fraction of sp³-hybridized carbons (Fsp3) is 0.950. The molecule has 152 valence electrons. The Morgan fingerprint density at radius 2 is 1.40 bits per heavy atom. The van der Waals surface area contributed by atoms with Gasteiger partial charge >= 0.3 is 0 Å². The molecule has 0 bridgehead atoms. The number of carbonyl (C=O) groups is 1. The molecule has 0 heterocycles. The van der Waals surface area contributed by atoms with Crippen LogP contribution in [0.1, 0.15) is 68.7 Å². The quantitative estimate of drug-likeness (QED) is 0.557. The molecule has 0 saturated heterocycles. The van der Waals surface area contributed by atoms with E-state index in [9.17, 15) is 4.79 Å². The number of hydrogen-bond donors (Lipinski definition) is 2. The number of ether oxygens (including phenoxy) is 2. The van der Waals surface area contributed by atoms with Crippen LogP contribution in [-0.2, 0) is 14.3 Å². The number of nitrogens with two attached hydrogens (primary N) is 1. The summed E-state index contributed by atoms with van der Waals surface area (Å²) in [5, 5.41) is 2.92. The largest absolute Gasteiger partial charge is 0.381 e. The average molecular weight is 361 g/mol. The highest BCUT2D eigenvalue weighted by atomic mass is 16.5. The third-order valence-corrected chi connectivity index (χ3v) is 3.16. The van der Waals surface area contributed by atoms with Gasteiger partial charge in [-0.2, -0.15) is 0 Å². The first-order valence-corrected chi connectivity index (χ1v) is 9.64. The van der Waals surface area contributed by atoms with E-state index in [1.165, 1.54) is 0 Å². The van der Waals surface area contributed by atoms with Crippen molar-refractivity contribution >= 4 is 5.91 Å². The van der Waals surface area contributed by atoms with Crippen LogP contribution >= 0.6 is 0 Å². The van der Waals surface area contributed by atoms with Gasteiger partial charge in [0.05, 0.1) is 18.8 Å². The van der Waals surface area contributed by atoms with E-state index in [1.54, 1.807) is 0 Å². The zero-order valence-corrected chi connectivity index (χ0v) is 18.2. The van der Waals surface area contributed by atoms with E-state index in [4.69, 9.17) is 15.2 Å². The summed E-state index contributed by atoms with van der Waals surface area (Å²) in [6, 6.07) is 0. The van der Waals surface area contributed by atoms with E-state index in [-0.39, 0.29) is 11.3 Å². The van der Waals surface area contributed by atoms with Gasteiger partial charge in [0.25, 0.3) is 0 Å². The Hall–Kier alpha value is -0.650. The number of amides is 1. The Morgan fingerprint density at radius 1 is 0.960 bits per heavy atom. The van der Waals surface area contributed by atoms with Gasteiger partial charge in [-0.3, -0.25) is 4.79 Å². The molecule has 0 spiro atoms. The first-order valence-electron chi connectivity index (χ1n) is 9.64. The minimum atomic E-state index is -0.553. The van der Waals surface area contributed by atoms with Crippen molar-refractivity contribution in [2.45, 2.75) is 74.3 Å². The molecule has 1 amide bonds. The zero-order chi connectivity index (χ0) is 20.1. The molecule has 0 aliphatic heterocycles. The van der Waals surface area contributed by atoms with Crippen molar-refractivity contribution in [2.24, 2.45) is 23.0 Å². The Morgan fingerprint density at radius 3 is 1.84 bits per heavy atom. The molecule has 0 radical (unpaired) electrons. The second-order valence-corrected chi connectivity index (χ2v) is 8.59. The van der Waals surface area contributed by atoms with E-state index in [2.05, 4.69) is 33.0 Å². The van der Waals surface area contributed by atoms with E-state index in [1.807, 2.05) is 34.6 Å². The molecule has 0 saturated carbocycles. The highest BCUT2D eigenvalue weighted by Gasteiger charge is 2.25. The van der Waals surface area contributed by atoms with Crippen molar-refractivity contribution in [1.29, 1.82) is 0 Å². The number of rotatable bonds is 12. The highest BCUT2D eigenvalue weighted by molar-refractivity contribution is 5.76. The standard InChI is InChI=1S/C18H38N2O3.C2H6/c1-14(2)9-22-12-17(5,6)8-16(21)20-11-18(7,19)13-23-10-15(3)4;1-2/h14-15H,8-13,19H2,1-7H3,(H,20,21);1-2H3. The maximum absolute atomic E-state index is 12.1. The van der Waals surface area contributed by atoms with E-state index >= 15 is 0 Å². The van der Waals surface area contributed by atoms with Crippen LogP contribution in [0.25, 0.3) is 0 Å². The third kappa shape index (κ3) is 18.0. The van der Waals surface area contributed by atoms with Gasteiger partial charge in [0.2, 0.25) is 5.91 Å². The van der Waals surface area contributed by atoms with E-state index in [0.717, 1.165) is 6.61 Å². The molecular formula is C20H44N2O3. The second kappa shape index (κ2) is 13.5. The summed E-state index contributed by atoms with van der Waals surface area (Å²) in [6.07, 6.45) is 0.425. The molecule has 0 aromatic carbocycles. The third-order valence-electron chi connectivity index (χ3n) is 3.16. The van der Waals surface area contributed by atoms with Crippen LogP contribution in [0.3, 0.4) is 0 Å². The number of nitrogens with one attached hydrogen (secondary N) is 1. The lowest BCUT2D eigenvalue weighted by atomic mass is 9.90. The van der Waals surface area contributed by atoms with Crippen molar-refractivity contribution < 1.29 is 14.3 Å². The summed E-state index contributed by atoms with van der Waals surface area (Å²) < 4.78 is 11.2. The normalized spacial score (nSPS) is 14.1. The fourth-order valence-corrected chi connectivity index (χ4v) is 2.00. The van der Waals surface area contributed by atoms with E-state index < -0.39 is 5.54 Å². The maximum Gasteiger partial charge on any atom is 0.220 e. The van der Waals surface area contributed by atoms with Crippen LogP contribution in [0.5, 0.6) is 0 Å². The lowest BCUT2D eigenvalue weighted by Gasteiger charge is -2.28. The van der Waals surface area contributed by atoms with Crippen molar-refractivity contribution in [3.63, 3.8) is 0 Å². The molecule has 1 unspecified atom stereocenters. The molecule has 3 N–H and O–H groups in total. The molecule has 0 rings (SSSR count). The number of hydrogen-bond acceptors (Lipinski definition) is 4. The molecule has 0 aliphatic carbocycles. The molecule has 5 heteroatoms. The van der Waals surface area contributed by atoms with Crippen LogP contribution in [0, 0.1) is 17.3 Å². The number of carbonyl (C=O) groups excluding carboxylic acids is 1. The predicted molar refractivity (Wildman–Crippen MR) is 107 cm³/mol. The van der Waals surface area contributed by atoms with Crippen LogP contribution in [0.15, 0.2) is 0 Å². The fourth-order valence-electron chi connectivity index (χ4n) is 2.00. The molecule has 1 atom stereocenters. The smallest absolute Gasteiger partial charge is 0.220 e. The van der Waals surface area contributed by atoms with Gasteiger partial charge in [0, 0.05) is 26.2 Å². The molecular weight excluding hydrogens is 316 g/mol. The summed E-state index contributed by atoms with van der Waals surface area (Å²) in [6.45, 7) is 21.2. The second-order valence-electron chi connectivity index (χ2n) is 8.59. The van der Waals surface area contributed by atoms with Gasteiger partial charge in [-0.05, 0) is 24.2 Å². The minimum absolute atomic E-state index is 0.00341. The lowest BCUT2D eigenvalue weighted by molar-refractivity contribution is -0.124. The molecule has 0 aromatic heterocycles. The maximum atomic E-state index is 12.1. The first kappa shape index (κ1) is 26.6. The summed E-state index contributed by atoms with van der Waals surface area (Å²) in [4.78, 5) is 12.1. The van der Waals surface area contributed by atoms with Crippen LogP contribution in [-0.4, -0.2) is 44.4 Å². The van der Waals surface area contributed by atoms with Crippen molar-refractivity contribution in [3.05, 3.63) is 0 Å². The highest BCUT2D eigenvalue weighted by Crippen LogP contribution is 2.21. The predicted octanol–water partition coefficient (Wildman–Crippen LogP) is 3.61. The van der Waals surface area contributed by atoms with Crippen molar-refractivity contribution in [2.75, 3.05) is 33.0 Å². The molecule has 25 heavy (non-hydrogen) atoms. The Labute approximate surface area is 156 Å². The van der Waals surface area contributed by atoms with Gasteiger partial charge in [-0.15, -0.1) is 0 Å². The zero-order valence-electron chi connectivity index (χ0n) is 18.2. The minimum Gasteiger partial charge on any atom is -0.381 e. The lowest BCUT2D eigenvalue weighted by Crippen LogP contribution is -2.51. The van der Waals surface area contributed by atoms with Crippen LogP contribution in [0.2, 0.25) is 0 Å². The van der Waals surface area contributed by atoms with Gasteiger partial charge in [-0.1, -0.05) is 55.4 Å². The molecule has 0 fully saturated rings. The molecule has 0 aromatic rings. The van der Waals surface area contributed by atoms with Gasteiger partial charge in [0.1, 0.15) is 0 Å². The van der Waals surface area contributed by atoms with Gasteiger partial charge in [-0.25, -0.2) is 0 Å². The Kier molecular flexibility index (Phi) is 14.4. The monoisotopic (exact) mass is 360 g/mol. The molecule has 5 nitrogen and oxygen atoms in total. The van der Waals surface area contributed by atoms with E-state index in [0.29, 0.717) is 44.6 Å². The Balaban J connectivity index is 0. The topological polar surface area (TPSA) is 73.6 Å². The molecule has 0 aliphatic rings. The van der Waals surface area contributed by atoms with Gasteiger partial charge in [0.15, 0.2) is 0 Å². The summed E-state index contributed by atoms with van der Waals surface area (Å²) >= 11 is 0. The summed E-state index contributed by atoms with van der Waals surface area (Å²) in [7, 11) is 0. The first-order chi connectivity index (χ1) is 11.4.